The van der Waals surface area contributed by atoms with Gasteiger partial charge in [-0.15, -0.1) is 0 Å². The molecular weight excluding hydrogens is 228 g/mol. The van der Waals surface area contributed by atoms with Gasteiger partial charge in [-0.05, 0) is 43.0 Å². The first-order chi connectivity index (χ1) is 8.67. The summed E-state index contributed by atoms with van der Waals surface area (Å²) in [4.78, 5) is 0. The van der Waals surface area contributed by atoms with E-state index in [1.54, 1.807) is 6.21 Å². The van der Waals surface area contributed by atoms with Crippen molar-refractivity contribution in [1.29, 1.82) is 0 Å². The van der Waals surface area contributed by atoms with Gasteiger partial charge in [0.25, 0.3) is 0 Å². The first-order valence-electron chi connectivity index (χ1n) is 6.30. The summed E-state index contributed by atoms with van der Waals surface area (Å²) in [5.74, 6) is 7.27. The van der Waals surface area contributed by atoms with Crippen LogP contribution in [0.15, 0.2) is 23.3 Å². The van der Waals surface area contributed by atoms with Crippen LogP contribution in [0.2, 0.25) is 0 Å². The standard InChI is InChI=1S/C14H22N2O2/c1-4-17-14-9-12(10-16-15)5-6-13(14)18-8-7-11(2)3/h5-6,9-11H,4,7-8,15H2,1-3H3. The Morgan fingerprint density at radius 1 is 1.28 bits per heavy atom. The van der Waals surface area contributed by atoms with Crippen molar-refractivity contribution in [1.82, 2.24) is 0 Å². The molecule has 1 rings (SSSR count). The maximum Gasteiger partial charge on any atom is 0.161 e. The van der Waals surface area contributed by atoms with E-state index in [0.29, 0.717) is 19.1 Å². The van der Waals surface area contributed by atoms with Gasteiger partial charge < -0.3 is 15.3 Å². The SMILES string of the molecule is CCOc1cc(C=NN)ccc1OCCC(C)C. The fraction of sp³-hybridized carbons (Fsp3) is 0.500. The highest BCUT2D eigenvalue weighted by atomic mass is 16.5. The zero-order valence-electron chi connectivity index (χ0n) is 11.3. The summed E-state index contributed by atoms with van der Waals surface area (Å²) in [5, 5.41) is 3.50. The average Bonchev–Trinajstić information content (AvgIpc) is 2.32. The molecule has 0 aromatic heterocycles. The number of rotatable bonds is 7. The summed E-state index contributed by atoms with van der Waals surface area (Å²) < 4.78 is 11.3. The lowest BCUT2D eigenvalue weighted by Crippen LogP contribution is -2.04. The van der Waals surface area contributed by atoms with Gasteiger partial charge in [0, 0.05) is 0 Å². The molecule has 18 heavy (non-hydrogen) atoms. The van der Waals surface area contributed by atoms with Crippen molar-refractivity contribution in [3.8, 4) is 11.5 Å². The van der Waals surface area contributed by atoms with E-state index in [0.717, 1.165) is 23.5 Å². The van der Waals surface area contributed by atoms with Gasteiger partial charge in [0.2, 0.25) is 0 Å². The molecule has 0 aliphatic heterocycles. The molecule has 0 aliphatic carbocycles. The maximum absolute atomic E-state index is 5.73. The van der Waals surface area contributed by atoms with Crippen molar-refractivity contribution >= 4 is 6.21 Å². The summed E-state index contributed by atoms with van der Waals surface area (Å²) in [6.45, 7) is 7.59. The molecule has 1 aromatic carbocycles. The van der Waals surface area contributed by atoms with E-state index in [-0.39, 0.29) is 0 Å². The predicted molar refractivity (Wildman–Crippen MR) is 74.3 cm³/mol. The van der Waals surface area contributed by atoms with E-state index in [9.17, 15) is 0 Å². The van der Waals surface area contributed by atoms with Crippen LogP contribution < -0.4 is 15.3 Å². The van der Waals surface area contributed by atoms with E-state index in [1.807, 2.05) is 25.1 Å². The van der Waals surface area contributed by atoms with Gasteiger partial charge in [0.05, 0.1) is 19.4 Å². The zero-order chi connectivity index (χ0) is 13.4. The lowest BCUT2D eigenvalue weighted by atomic mass is 10.1. The number of hydrazone groups is 1. The van der Waals surface area contributed by atoms with Gasteiger partial charge in [-0.1, -0.05) is 13.8 Å². The lowest BCUT2D eigenvalue weighted by Gasteiger charge is -2.13. The summed E-state index contributed by atoms with van der Waals surface area (Å²) in [5.41, 5.74) is 0.900. The zero-order valence-corrected chi connectivity index (χ0v) is 11.3. The van der Waals surface area contributed by atoms with E-state index in [4.69, 9.17) is 15.3 Å². The van der Waals surface area contributed by atoms with Crippen LogP contribution >= 0.6 is 0 Å². The first-order valence-corrected chi connectivity index (χ1v) is 6.30. The second-order valence-corrected chi connectivity index (χ2v) is 4.45. The van der Waals surface area contributed by atoms with E-state index >= 15 is 0 Å². The Morgan fingerprint density at radius 2 is 2.06 bits per heavy atom. The van der Waals surface area contributed by atoms with Gasteiger partial charge in [-0.25, -0.2) is 0 Å². The van der Waals surface area contributed by atoms with Crippen molar-refractivity contribution in [2.45, 2.75) is 27.2 Å². The third-order valence-electron chi connectivity index (χ3n) is 2.44. The Hall–Kier alpha value is -1.71. The molecule has 0 aliphatic rings. The van der Waals surface area contributed by atoms with Crippen molar-refractivity contribution in [3.63, 3.8) is 0 Å². The molecule has 0 bridgehead atoms. The number of nitrogens with zero attached hydrogens (tertiary/aromatic N) is 1. The predicted octanol–water partition coefficient (Wildman–Crippen LogP) is 2.80. The summed E-state index contributed by atoms with van der Waals surface area (Å²) >= 11 is 0. The fourth-order valence-electron chi connectivity index (χ4n) is 1.48. The Bertz CT molecular complexity index is 389. The highest BCUT2D eigenvalue weighted by molar-refractivity contribution is 5.80. The molecular formula is C14H22N2O2. The molecule has 0 saturated heterocycles. The Balaban J connectivity index is 2.75. The van der Waals surface area contributed by atoms with Gasteiger partial charge >= 0.3 is 0 Å². The number of nitrogens with two attached hydrogens (primary N) is 1. The number of hydrogen-bond donors (Lipinski definition) is 1. The molecule has 100 valence electrons. The molecule has 4 heteroatoms. The van der Waals surface area contributed by atoms with Crippen LogP contribution in [-0.2, 0) is 0 Å². The smallest absolute Gasteiger partial charge is 0.161 e. The van der Waals surface area contributed by atoms with Crippen LogP contribution in [0.4, 0.5) is 0 Å². The molecule has 0 atom stereocenters. The quantitative estimate of drug-likeness (QED) is 0.460. The van der Waals surface area contributed by atoms with Crippen molar-refractivity contribution in [2.75, 3.05) is 13.2 Å². The maximum atomic E-state index is 5.73. The van der Waals surface area contributed by atoms with Crippen LogP contribution in [0.3, 0.4) is 0 Å². The largest absolute Gasteiger partial charge is 0.490 e. The molecule has 0 unspecified atom stereocenters. The van der Waals surface area contributed by atoms with Gasteiger partial charge in [-0.3, -0.25) is 0 Å². The minimum Gasteiger partial charge on any atom is -0.490 e. The normalized spacial score (nSPS) is 11.1. The molecule has 0 saturated carbocycles. The van der Waals surface area contributed by atoms with Crippen molar-refractivity contribution in [3.05, 3.63) is 23.8 Å². The molecule has 0 fully saturated rings. The summed E-state index contributed by atoms with van der Waals surface area (Å²) in [6.07, 6.45) is 2.61. The fourth-order valence-corrected chi connectivity index (χ4v) is 1.48. The van der Waals surface area contributed by atoms with Crippen LogP contribution in [0.1, 0.15) is 32.8 Å². The Kier molecular flexibility index (Phi) is 6.05. The monoisotopic (exact) mass is 250 g/mol. The van der Waals surface area contributed by atoms with Crippen LogP contribution in [0, 0.1) is 5.92 Å². The summed E-state index contributed by atoms with van der Waals surface area (Å²) in [7, 11) is 0. The van der Waals surface area contributed by atoms with Gasteiger partial charge in [-0.2, -0.15) is 5.10 Å². The second kappa shape index (κ2) is 7.58. The van der Waals surface area contributed by atoms with Crippen molar-refractivity contribution < 1.29 is 9.47 Å². The van der Waals surface area contributed by atoms with Gasteiger partial charge in [0.15, 0.2) is 11.5 Å². The highest BCUT2D eigenvalue weighted by Gasteiger charge is 2.06. The molecule has 0 radical (unpaired) electrons. The first kappa shape index (κ1) is 14.4. The highest BCUT2D eigenvalue weighted by Crippen LogP contribution is 2.28. The molecule has 1 aromatic rings. The molecule has 0 heterocycles. The minimum absolute atomic E-state index is 0.601. The summed E-state index contributed by atoms with van der Waals surface area (Å²) in [6, 6.07) is 5.68. The Morgan fingerprint density at radius 3 is 2.67 bits per heavy atom. The number of hydrogen-bond acceptors (Lipinski definition) is 4. The molecule has 2 N–H and O–H groups in total. The van der Waals surface area contributed by atoms with Crippen LogP contribution in [-0.4, -0.2) is 19.4 Å². The lowest BCUT2D eigenvalue weighted by molar-refractivity contribution is 0.261. The van der Waals surface area contributed by atoms with Crippen LogP contribution in [0.5, 0.6) is 11.5 Å². The number of benzene rings is 1. The van der Waals surface area contributed by atoms with E-state index < -0.39 is 0 Å². The Labute approximate surface area is 109 Å². The second-order valence-electron chi connectivity index (χ2n) is 4.45. The molecule has 0 spiro atoms. The minimum atomic E-state index is 0.601. The molecule has 4 nitrogen and oxygen atoms in total. The van der Waals surface area contributed by atoms with E-state index in [1.165, 1.54) is 0 Å². The average molecular weight is 250 g/mol. The third kappa shape index (κ3) is 4.65. The van der Waals surface area contributed by atoms with Crippen molar-refractivity contribution in [2.24, 2.45) is 16.9 Å². The van der Waals surface area contributed by atoms with Crippen LogP contribution in [0.25, 0.3) is 0 Å². The number of ether oxygens (including phenoxy) is 2. The topological polar surface area (TPSA) is 56.8 Å². The van der Waals surface area contributed by atoms with Gasteiger partial charge in [0.1, 0.15) is 0 Å². The van der Waals surface area contributed by atoms with E-state index in [2.05, 4.69) is 18.9 Å². The third-order valence-corrected chi connectivity index (χ3v) is 2.44. The molecule has 0 amide bonds.